The molecule has 5 rings (SSSR count). The first kappa shape index (κ1) is 24.9. The fourth-order valence-corrected chi connectivity index (χ4v) is 6.21. The Morgan fingerprint density at radius 2 is 1.81 bits per heavy atom. The number of amides is 1. The molecule has 2 heterocycles. The summed E-state index contributed by atoms with van der Waals surface area (Å²) < 4.78 is 41.4. The molecule has 1 aliphatic heterocycles. The van der Waals surface area contributed by atoms with Crippen molar-refractivity contribution in [1.29, 1.82) is 0 Å². The molecule has 8 heteroatoms. The van der Waals surface area contributed by atoms with Crippen LogP contribution in [0.25, 0.3) is 10.9 Å². The van der Waals surface area contributed by atoms with Gasteiger partial charge in [-0.3, -0.25) is 9.78 Å². The maximum absolute atomic E-state index is 14.0. The topological polar surface area (TPSA) is 94.6 Å². The third-order valence-corrected chi connectivity index (χ3v) is 8.23. The molecule has 0 aliphatic carbocycles. The SMILES string of the molecule is COc1ccc(C)cc1[C@]1(C(=O)NS(=O)(=O)c2cccc3nc(C)ccc23)C[C@@H](c2ccccc2)CO1. The van der Waals surface area contributed by atoms with Gasteiger partial charge >= 0.3 is 0 Å². The molecule has 37 heavy (non-hydrogen) atoms. The highest BCUT2D eigenvalue weighted by molar-refractivity contribution is 7.90. The normalized spacial score (nSPS) is 19.6. The average molecular weight is 517 g/mol. The number of methoxy groups -OCH3 is 1. The van der Waals surface area contributed by atoms with E-state index >= 15 is 0 Å². The fraction of sp³-hybridized carbons (Fsp3) is 0.241. The van der Waals surface area contributed by atoms with Crippen LogP contribution in [0.3, 0.4) is 0 Å². The van der Waals surface area contributed by atoms with E-state index < -0.39 is 21.5 Å². The van der Waals surface area contributed by atoms with Crippen LogP contribution in [0.4, 0.5) is 0 Å². The number of aryl methyl sites for hydroxylation is 2. The van der Waals surface area contributed by atoms with Crippen molar-refractivity contribution in [3.63, 3.8) is 0 Å². The second kappa shape index (κ2) is 9.61. The molecular weight excluding hydrogens is 488 g/mol. The molecule has 190 valence electrons. The summed E-state index contributed by atoms with van der Waals surface area (Å²) in [7, 11) is -2.74. The Morgan fingerprint density at radius 3 is 2.57 bits per heavy atom. The number of hydrogen-bond donors (Lipinski definition) is 1. The monoisotopic (exact) mass is 516 g/mol. The number of pyridine rings is 1. The van der Waals surface area contributed by atoms with Crippen LogP contribution in [-0.4, -0.2) is 33.0 Å². The quantitative estimate of drug-likeness (QED) is 0.397. The molecule has 1 N–H and O–H groups in total. The number of nitrogens with one attached hydrogen (secondary N) is 1. The van der Waals surface area contributed by atoms with E-state index in [-0.39, 0.29) is 23.8 Å². The van der Waals surface area contributed by atoms with Gasteiger partial charge in [-0.15, -0.1) is 0 Å². The summed E-state index contributed by atoms with van der Waals surface area (Å²) in [6, 6.07) is 23.5. The van der Waals surface area contributed by atoms with Crippen LogP contribution in [0, 0.1) is 13.8 Å². The number of rotatable bonds is 6. The molecule has 0 radical (unpaired) electrons. The summed E-state index contributed by atoms with van der Waals surface area (Å²) in [6.45, 7) is 3.99. The Hall–Kier alpha value is -3.75. The van der Waals surface area contributed by atoms with Crippen molar-refractivity contribution in [3.05, 3.63) is 101 Å². The number of aromatic nitrogens is 1. The van der Waals surface area contributed by atoms with Crippen LogP contribution in [0.15, 0.2) is 83.8 Å². The Labute approximate surface area is 216 Å². The van der Waals surface area contributed by atoms with Crippen LogP contribution in [0.1, 0.15) is 34.7 Å². The van der Waals surface area contributed by atoms with Crippen molar-refractivity contribution in [2.45, 2.75) is 36.7 Å². The van der Waals surface area contributed by atoms with Crippen molar-refractivity contribution in [2.75, 3.05) is 13.7 Å². The summed E-state index contributed by atoms with van der Waals surface area (Å²) in [4.78, 5) is 18.4. The van der Waals surface area contributed by atoms with E-state index in [1.54, 1.807) is 30.3 Å². The molecule has 0 unspecified atom stereocenters. The van der Waals surface area contributed by atoms with Gasteiger partial charge in [0.05, 0.1) is 24.1 Å². The summed E-state index contributed by atoms with van der Waals surface area (Å²) in [5, 5.41) is 0.435. The first-order chi connectivity index (χ1) is 17.7. The number of carbonyl (C=O) groups excluding carboxylic acids is 1. The minimum atomic E-state index is -4.25. The highest BCUT2D eigenvalue weighted by Gasteiger charge is 2.51. The van der Waals surface area contributed by atoms with Crippen LogP contribution >= 0.6 is 0 Å². The standard InChI is InChI=1S/C29H28N2O5S/c1-19-12-15-26(35-3)24(16-19)29(17-22(18-36-29)21-8-5-4-6-9-21)28(32)31-37(33,34)27-11-7-10-25-23(27)14-13-20(2)30-25/h4-16,22H,17-18H2,1-3H3,(H,31,32)/t22-,29+/m1/s1. The van der Waals surface area contributed by atoms with E-state index in [1.165, 1.54) is 13.2 Å². The van der Waals surface area contributed by atoms with Crippen LogP contribution < -0.4 is 9.46 Å². The lowest BCUT2D eigenvalue weighted by Crippen LogP contribution is -2.46. The van der Waals surface area contributed by atoms with Crippen LogP contribution in [-0.2, 0) is 25.2 Å². The van der Waals surface area contributed by atoms with Gasteiger partial charge < -0.3 is 9.47 Å². The molecule has 1 aromatic heterocycles. The average Bonchev–Trinajstić information content (AvgIpc) is 3.35. The van der Waals surface area contributed by atoms with E-state index in [4.69, 9.17) is 9.47 Å². The van der Waals surface area contributed by atoms with Gasteiger partial charge in [0.2, 0.25) is 0 Å². The summed E-state index contributed by atoms with van der Waals surface area (Å²) >= 11 is 0. The number of ether oxygens (including phenoxy) is 2. The van der Waals surface area contributed by atoms with Gasteiger partial charge in [0.1, 0.15) is 5.75 Å². The zero-order valence-corrected chi connectivity index (χ0v) is 21.7. The van der Waals surface area contributed by atoms with Crippen LogP contribution in [0.2, 0.25) is 0 Å². The lowest BCUT2D eigenvalue weighted by atomic mass is 9.83. The Bertz CT molecular complexity index is 1590. The van der Waals surface area contributed by atoms with Crippen molar-refractivity contribution in [2.24, 2.45) is 0 Å². The third kappa shape index (κ3) is 4.58. The van der Waals surface area contributed by atoms with Gasteiger partial charge in [-0.25, -0.2) is 13.1 Å². The van der Waals surface area contributed by atoms with Gasteiger partial charge in [0.15, 0.2) is 5.60 Å². The molecule has 0 saturated carbocycles. The largest absolute Gasteiger partial charge is 0.496 e. The Balaban J connectivity index is 1.58. The van der Waals surface area contributed by atoms with E-state index in [2.05, 4.69) is 9.71 Å². The zero-order valence-electron chi connectivity index (χ0n) is 20.9. The number of sulfonamides is 1. The number of hydrogen-bond acceptors (Lipinski definition) is 6. The van der Waals surface area contributed by atoms with Gasteiger partial charge in [-0.2, -0.15) is 0 Å². The van der Waals surface area contributed by atoms with Crippen LogP contribution in [0.5, 0.6) is 5.75 Å². The highest BCUT2D eigenvalue weighted by Crippen LogP contribution is 2.47. The summed E-state index contributed by atoms with van der Waals surface area (Å²) in [6.07, 6.45) is 0.258. The first-order valence-electron chi connectivity index (χ1n) is 12.0. The second-order valence-corrected chi connectivity index (χ2v) is 11.0. The lowest BCUT2D eigenvalue weighted by molar-refractivity contribution is -0.140. The minimum Gasteiger partial charge on any atom is -0.496 e. The smallest absolute Gasteiger partial charge is 0.270 e. The van der Waals surface area contributed by atoms with Gasteiger partial charge in [0, 0.05) is 22.6 Å². The van der Waals surface area contributed by atoms with E-state index in [0.29, 0.717) is 22.2 Å². The molecule has 2 atom stereocenters. The Kier molecular flexibility index (Phi) is 6.47. The molecule has 1 saturated heterocycles. The van der Waals surface area contributed by atoms with Gasteiger partial charge in [-0.1, -0.05) is 48.0 Å². The number of fused-ring (bicyclic) bond motifs is 1. The number of benzene rings is 3. The molecule has 7 nitrogen and oxygen atoms in total. The predicted molar refractivity (Wildman–Crippen MR) is 141 cm³/mol. The lowest BCUT2D eigenvalue weighted by Gasteiger charge is -2.29. The number of carbonyl (C=O) groups is 1. The van der Waals surface area contributed by atoms with Gasteiger partial charge in [-0.05, 0) is 62.2 Å². The highest BCUT2D eigenvalue weighted by atomic mass is 32.2. The summed E-state index contributed by atoms with van der Waals surface area (Å²) in [5.74, 6) is -0.409. The second-order valence-electron chi connectivity index (χ2n) is 9.36. The van der Waals surface area contributed by atoms with E-state index in [1.807, 2.05) is 56.3 Å². The van der Waals surface area contributed by atoms with Crippen molar-refractivity contribution >= 4 is 26.8 Å². The molecular formula is C29H28N2O5S. The maximum Gasteiger partial charge on any atom is 0.270 e. The van der Waals surface area contributed by atoms with Crippen molar-refractivity contribution < 1.29 is 22.7 Å². The molecule has 4 aromatic rings. The van der Waals surface area contributed by atoms with Gasteiger partial charge in [0.25, 0.3) is 15.9 Å². The molecule has 0 bridgehead atoms. The molecule has 1 aliphatic rings. The minimum absolute atomic E-state index is 0.0187. The molecule has 0 spiro atoms. The summed E-state index contributed by atoms with van der Waals surface area (Å²) in [5.41, 5.74) is 2.14. The predicted octanol–water partition coefficient (Wildman–Crippen LogP) is 4.76. The van der Waals surface area contributed by atoms with E-state index in [0.717, 1.165) is 16.8 Å². The maximum atomic E-state index is 14.0. The zero-order chi connectivity index (χ0) is 26.2. The molecule has 3 aromatic carbocycles. The molecule has 1 fully saturated rings. The van der Waals surface area contributed by atoms with E-state index in [9.17, 15) is 13.2 Å². The number of nitrogens with zero attached hydrogens (tertiary/aromatic N) is 1. The first-order valence-corrected chi connectivity index (χ1v) is 13.5. The van der Waals surface area contributed by atoms with Crippen molar-refractivity contribution in [3.8, 4) is 5.75 Å². The van der Waals surface area contributed by atoms with Crippen molar-refractivity contribution in [1.82, 2.24) is 9.71 Å². The Morgan fingerprint density at radius 1 is 1.03 bits per heavy atom. The fourth-order valence-electron chi connectivity index (χ4n) is 4.98. The third-order valence-electron chi connectivity index (χ3n) is 6.84. The molecule has 1 amide bonds.